The van der Waals surface area contributed by atoms with Gasteiger partial charge in [0, 0.05) is 35.3 Å². The number of halogens is 1. The first-order valence-electron chi connectivity index (χ1n) is 7.27. The number of fused-ring (bicyclic) bond motifs is 4. The maximum atomic E-state index is 5.79. The molecule has 4 rings (SSSR count). The number of hydrogen-bond donors (Lipinski definition) is 0. The maximum Gasteiger partial charge on any atom is 0.132 e. The van der Waals surface area contributed by atoms with E-state index in [1.54, 1.807) is 0 Å². The van der Waals surface area contributed by atoms with E-state index in [9.17, 15) is 0 Å². The van der Waals surface area contributed by atoms with Crippen LogP contribution >= 0.6 is 15.9 Å². The zero-order valence-corrected chi connectivity index (χ0v) is 12.8. The Kier molecular flexibility index (Phi) is 2.68. The number of anilines is 1. The van der Waals surface area contributed by atoms with Crippen LogP contribution in [0.2, 0.25) is 0 Å². The lowest BCUT2D eigenvalue weighted by Gasteiger charge is -2.49. The summed E-state index contributed by atoms with van der Waals surface area (Å²) in [5.74, 6) is 2.52. The SMILES string of the molecule is CCN1c2ncc(Br)cc2[C@@H]2CCOC[C@H]2C12CC2. The lowest BCUT2D eigenvalue weighted by molar-refractivity contribution is 0.0204. The zero-order valence-electron chi connectivity index (χ0n) is 11.2. The fourth-order valence-electron chi connectivity index (χ4n) is 4.23. The molecule has 1 spiro atoms. The molecule has 0 aromatic carbocycles. The van der Waals surface area contributed by atoms with Gasteiger partial charge in [-0.3, -0.25) is 0 Å². The minimum atomic E-state index is 0.355. The van der Waals surface area contributed by atoms with Gasteiger partial charge in [0.2, 0.25) is 0 Å². The molecule has 1 aliphatic carbocycles. The van der Waals surface area contributed by atoms with Crippen LogP contribution in [0.1, 0.15) is 37.7 Å². The predicted octanol–water partition coefficient (Wildman–Crippen LogP) is 3.34. The monoisotopic (exact) mass is 322 g/mol. The van der Waals surface area contributed by atoms with Gasteiger partial charge in [-0.05, 0) is 59.7 Å². The summed E-state index contributed by atoms with van der Waals surface area (Å²) in [5.41, 5.74) is 1.79. The fourth-order valence-corrected chi connectivity index (χ4v) is 4.58. The molecule has 2 aliphatic heterocycles. The highest BCUT2D eigenvalue weighted by atomic mass is 79.9. The van der Waals surface area contributed by atoms with Crippen molar-refractivity contribution in [3.8, 4) is 0 Å². The van der Waals surface area contributed by atoms with Gasteiger partial charge in [0.15, 0.2) is 0 Å². The van der Waals surface area contributed by atoms with E-state index in [1.165, 1.54) is 24.2 Å². The first-order chi connectivity index (χ1) is 9.26. The summed E-state index contributed by atoms with van der Waals surface area (Å²) >= 11 is 3.58. The molecular formula is C15H19BrN2O. The summed E-state index contributed by atoms with van der Waals surface area (Å²) in [4.78, 5) is 7.28. The Morgan fingerprint density at radius 1 is 1.53 bits per heavy atom. The molecule has 1 aromatic rings. The number of aromatic nitrogens is 1. The van der Waals surface area contributed by atoms with E-state index in [0.29, 0.717) is 17.4 Å². The van der Waals surface area contributed by atoms with Gasteiger partial charge in [-0.15, -0.1) is 0 Å². The van der Waals surface area contributed by atoms with Crippen LogP contribution in [-0.2, 0) is 4.74 Å². The summed E-state index contributed by atoms with van der Waals surface area (Å²) in [6.45, 7) is 5.12. The van der Waals surface area contributed by atoms with E-state index in [4.69, 9.17) is 9.72 Å². The third-order valence-electron chi connectivity index (χ3n) is 5.18. The van der Waals surface area contributed by atoms with Crippen LogP contribution in [0.3, 0.4) is 0 Å². The average molecular weight is 323 g/mol. The molecule has 2 fully saturated rings. The Labute approximate surface area is 122 Å². The molecule has 1 saturated heterocycles. The largest absolute Gasteiger partial charge is 0.381 e. The van der Waals surface area contributed by atoms with E-state index < -0.39 is 0 Å². The number of nitrogens with zero attached hydrogens (tertiary/aromatic N) is 2. The Balaban J connectivity index is 1.88. The molecule has 1 aromatic heterocycles. The Hall–Kier alpha value is -0.610. The van der Waals surface area contributed by atoms with Gasteiger partial charge in [0.05, 0.1) is 6.61 Å². The molecule has 2 atom stereocenters. The minimum Gasteiger partial charge on any atom is -0.381 e. The lowest BCUT2D eigenvalue weighted by atomic mass is 9.73. The molecule has 0 amide bonds. The number of pyridine rings is 1. The van der Waals surface area contributed by atoms with Crippen LogP contribution in [0.15, 0.2) is 16.7 Å². The van der Waals surface area contributed by atoms with E-state index >= 15 is 0 Å². The average Bonchev–Trinajstić information content (AvgIpc) is 3.22. The van der Waals surface area contributed by atoms with Crippen molar-refractivity contribution in [2.45, 2.75) is 37.6 Å². The Morgan fingerprint density at radius 3 is 3.11 bits per heavy atom. The zero-order chi connectivity index (χ0) is 13.0. The molecule has 3 heterocycles. The molecular weight excluding hydrogens is 304 g/mol. The highest BCUT2D eigenvalue weighted by molar-refractivity contribution is 9.10. The van der Waals surface area contributed by atoms with Gasteiger partial charge in [0.1, 0.15) is 5.82 Å². The van der Waals surface area contributed by atoms with Gasteiger partial charge < -0.3 is 9.64 Å². The van der Waals surface area contributed by atoms with Crippen LogP contribution in [0.5, 0.6) is 0 Å². The molecule has 1 saturated carbocycles. The summed E-state index contributed by atoms with van der Waals surface area (Å²) in [6, 6.07) is 2.28. The third-order valence-corrected chi connectivity index (χ3v) is 5.61. The van der Waals surface area contributed by atoms with Crippen LogP contribution in [0.25, 0.3) is 0 Å². The number of hydrogen-bond acceptors (Lipinski definition) is 3. The molecule has 0 N–H and O–H groups in total. The van der Waals surface area contributed by atoms with E-state index in [2.05, 4.69) is 33.8 Å². The number of ether oxygens (including phenoxy) is 1. The first kappa shape index (κ1) is 12.2. The van der Waals surface area contributed by atoms with E-state index in [-0.39, 0.29) is 0 Å². The van der Waals surface area contributed by atoms with Gasteiger partial charge in [-0.1, -0.05) is 0 Å². The topological polar surface area (TPSA) is 25.4 Å². The van der Waals surface area contributed by atoms with Gasteiger partial charge in [-0.25, -0.2) is 4.98 Å². The van der Waals surface area contributed by atoms with Crippen molar-refractivity contribution < 1.29 is 4.74 Å². The van der Waals surface area contributed by atoms with Crippen molar-refractivity contribution in [2.75, 3.05) is 24.7 Å². The van der Waals surface area contributed by atoms with Crippen molar-refractivity contribution in [1.82, 2.24) is 4.98 Å². The smallest absolute Gasteiger partial charge is 0.132 e. The molecule has 3 nitrogen and oxygen atoms in total. The highest BCUT2D eigenvalue weighted by Gasteiger charge is 2.60. The van der Waals surface area contributed by atoms with Gasteiger partial charge in [0.25, 0.3) is 0 Å². The van der Waals surface area contributed by atoms with Crippen molar-refractivity contribution in [2.24, 2.45) is 5.92 Å². The molecule has 0 radical (unpaired) electrons. The highest BCUT2D eigenvalue weighted by Crippen LogP contribution is 2.60. The summed E-state index contributed by atoms with van der Waals surface area (Å²) in [5, 5.41) is 0. The Bertz CT molecular complexity index is 515. The molecule has 102 valence electrons. The summed E-state index contributed by atoms with van der Waals surface area (Å²) in [6.07, 6.45) is 5.71. The van der Waals surface area contributed by atoms with Crippen molar-refractivity contribution in [1.29, 1.82) is 0 Å². The van der Waals surface area contributed by atoms with Crippen molar-refractivity contribution in [3.05, 3.63) is 22.3 Å². The first-order valence-corrected chi connectivity index (χ1v) is 8.06. The van der Waals surface area contributed by atoms with Crippen LogP contribution < -0.4 is 4.90 Å². The molecule has 19 heavy (non-hydrogen) atoms. The third kappa shape index (κ3) is 1.62. The second-order valence-corrected chi connectivity index (χ2v) is 6.91. The maximum absolute atomic E-state index is 5.79. The molecule has 0 bridgehead atoms. The van der Waals surface area contributed by atoms with Crippen LogP contribution in [-0.4, -0.2) is 30.3 Å². The lowest BCUT2D eigenvalue weighted by Crippen LogP contribution is -2.52. The quantitative estimate of drug-likeness (QED) is 0.793. The van der Waals surface area contributed by atoms with Crippen molar-refractivity contribution >= 4 is 21.7 Å². The number of rotatable bonds is 1. The standard InChI is InChI=1S/C15H19BrN2O/c1-2-18-14-12(7-10(16)8-17-14)11-3-6-19-9-13(11)15(18)4-5-15/h7-8,11,13H,2-6,9H2,1H3/t11-,13+/m0/s1. The van der Waals surface area contributed by atoms with Crippen molar-refractivity contribution in [3.63, 3.8) is 0 Å². The van der Waals surface area contributed by atoms with Gasteiger partial charge in [-0.2, -0.15) is 0 Å². The Morgan fingerprint density at radius 2 is 2.37 bits per heavy atom. The van der Waals surface area contributed by atoms with Crippen LogP contribution in [0.4, 0.5) is 5.82 Å². The molecule has 3 aliphatic rings. The molecule has 0 unspecified atom stereocenters. The molecule has 4 heteroatoms. The predicted molar refractivity (Wildman–Crippen MR) is 78.6 cm³/mol. The van der Waals surface area contributed by atoms with E-state index in [0.717, 1.165) is 30.7 Å². The minimum absolute atomic E-state index is 0.355. The second-order valence-electron chi connectivity index (χ2n) is 5.99. The second kappa shape index (κ2) is 4.19. The fraction of sp³-hybridized carbons (Fsp3) is 0.667. The summed E-state index contributed by atoms with van der Waals surface area (Å²) < 4.78 is 6.89. The van der Waals surface area contributed by atoms with Crippen LogP contribution in [0, 0.1) is 5.92 Å². The van der Waals surface area contributed by atoms with Gasteiger partial charge >= 0.3 is 0 Å². The van der Waals surface area contributed by atoms with E-state index in [1.807, 2.05) is 6.20 Å². The summed E-state index contributed by atoms with van der Waals surface area (Å²) in [7, 11) is 0. The normalized spacial score (nSPS) is 30.9.